The van der Waals surface area contributed by atoms with Gasteiger partial charge in [-0.2, -0.15) is 13.2 Å². The Morgan fingerprint density at radius 3 is 2.35 bits per heavy atom. The second kappa shape index (κ2) is 15.2. The van der Waals surface area contributed by atoms with Gasteiger partial charge in [-0.05, 0) is 69.5 Å². The first kappa shape index (κ1) is 32.3. The maximum Gasteiger partial charge on any atom is 0.433 e. The number of cyclic esters (lactones) is 1. The highest BCUT2D eigenvalue weighted by atomic mass is 19.4. The molecule has 0 saturated carbocycles. The Labute approximate surface area is 249 Å². The fourth-order valence-corrected chi connectivity index (χ4v) is 5.18. The molecule has 0 spiro atoms. The van der Waals surface area contributed by atoms with Crippen LogP contribution in [-0.2, 0) is 15.7 Å². The number of aromatic nitrogens is 1. The third-order valence-corrected chi connectivity index (χ3v) is 7.47. The number of ether oxygens (including phenoxy) is 5. The lowest BCUT2D eigenvalue weighted by atomic mass is 10.1. The molecule has 43 heavy (non-hydrogen) atoms. The van der Waals surface area contributed by atoms with Crippen molar-refractivity contribution in [2.75, 3.05) is 66.7 Å². The molecule has 3 heterocycles. The van der Waals surface area contributed by atoms with Crippen molar-refractivity contribution in [2.24, 2.45) is 0 Å². The van der Waals surface area contributed by atoms with Gasteiger partial charge in [0.25, 0.3) is 0 Å². The van der Waals surface area contributed by atoms with Gasteiger partial charge < -0.3 is 33.5 Å². The van der Waals surface area contributed by atoms with Crippen LogP contribution in [0.4, 0.5) is 13.2 Å². The van der Waals surface area contributed by atoms with E-state index in [2.05, 4.69) is 14.8 Å². The van der Waals surface area contributed by atoms with Gasteiger partial charge in [-0.1, -0.05) is 0 Å². The first-order valence-electron chi connectivity index (χ1n) is 14.4. The van der Waals surface area contributed by atoms with Crippen LogP contribution in [0.5, 0.6) is 17.2 Å². The van der Waals surface area contributed by atoms with Gasteiger partial charge in [-0.25, -0.2) is 9.59 Å². The van der Waals surface area contributed by atoms with Crippen molar-refractivity contribution in [1.29, 1.82) is 0 Å². The van der Waals surface area contributed by atoms with Crippen LogP contribution in [-0.4, -0.2) is 99.5 Å². The fourth-order valence-electron chi connectivity index (χ4n) is 5.18. The lowest BCUT2D eigenvalue weighted by molar-refractivity contribution is -0.141. The molecular weight excluding hydrogens is 571 g/mol. The molecule has 236 valence electrons. The molecule has 4 bridgehead atoms. The summed E-state index contributed by atoms with van der Waals surface area (Å²) in [6.07, 6.45) is -1.26. The van der Waals surface area contributed by atoms with Gasteiger partial charge in [0.15, 0.2) is 11.5 Å². The van der Waals surface area contributed by atoms with E-state index in [-0.39, 0.29) is 24.3 Å². The molecule has 0 amide bonds. The zero-order chi connectivity index (χ0) is 30.8. The predicted octanol–water partition coefficient (Wildman–Crippen LogP) is 4.46. The van der Waals surface area contributed by atoms with Crippen molar-refractivity contribution >= 4 is 11.9 Å². The minimum atomic E-state index is -4.68. The van der Waals surface area contributed by atoms with Crippen LogP contribution in [0.15, 0.2) is 30.5 Å². The monoisotopic (exact) mass is 609 g/mol. The maximum atomic E-state index is 13.2. The summed E-state index contributed by atoms with van der Waals surface area (Å²) in [5.41, 5.74) is -1.10. The Hall–Kier alpha value is -3.58. The largest absolute Gasteiger partial charge is 0.493 e. The lowest BCUT2D eigenvalue weighted by Crippen LogP contribution is -2.34. The summed E-state index contributed by atoms with van der Waals surface area (Å²) in [6, 6.07) is 5.00. The third kappa shape index (κ3) is 9.20. The van der Waals surface area contributed by atoms with Crippen molar-refractivity contribution < 1.29 is 46.4 Å². The smallest absolute Gasteiger partial charge is 0.433 e. The number of alkyl halides is 3. The number of carbonyl (C=O) groups excluding carboxylic acids is 2. The SMILES string of the molecule is COc1cc2cc(c1OC)OCCCC(OC(=O)c1ccnc(C(F)(F)F)c1)CCN1CCCN(CCCOC2=O)CC1. The average molecular weight is 610 g/mol. The van der Waals surface area contributed by atoms with Gasteiger partial charge in [0.2, 0.25) is 5.75 Å². The van der Waals surface area contributed by atoms with Gasteiger partial charge in [-0.15, -0.1) is 0 Å². The summed E-state index contributed by atoms with van der Waals surface area (Å²) < 4.78 is 67.6. The number of rotatable bonds is 4. The molecule has 0 aliphatic carbocycles. The third-order valence-electron chi connectivity index (χ3n) is 7.47. The minimum Gasteiger partial charge on any atom is -0.493 e. The van der Waals surface area contributed by atoms with Crippen LogP contribution in [0.25, 0.3) is 0 Å². The van der Waals surface area contributed by atoms with E-state index in [4.69, 9.17) is 23.7 Å². The number of hydrogen-bond acceptors (Lipinski definition) is 10. The summed E-state index contributed by atoms with van der Waals surface area (Å²) >= 11 is 0. The zero-order valence-corrected chi connectivity index (χ0v) is 24.5. The van der Waals surface area contributed by atoms with Crippen molar-refractivity contribution in [3.05, 3.63) is 47.3 Å². The average Bonchev–Trinajstić information content (AvgIpc) is 3.23. The highest BCUT2D eigenvalue weighted by Gasteiger charge is 2.33. The van der Waals surface area contributed by atoms with Crippen LogP contribution < -0.4 is 14.2 Å². The Morgan fingerprint density at radius 2 is 1.63 bits per heavy atom. The molecule has 3 atom stereocenters. The number of pyridine rings is 1. The molecule has 10 nitrogen and oxygen atoms in total. The normalized spacial score (nSPS) is 22.5. The molecule has 2 aliphatic rings. The van der Waals surface area contributed by atoms with Crippen LogP contribution in [0.3, 0.4) is 0 Å². The van der Waals surface area contributed by atoms with Crippen molar-refractivity contribution in [3.8, 4) is 17.2 Å². The van der Waals surface area contributed by atoms with Crippen LogP contribution in [0.2, 0.25) is 0 Å². The molecule has 4 rings (SSSR count). The maximum absolute atomic E-state index is 13.2. The number of methoxy groups -OCH3 is 2. The number of hydrogen-bond donors (Lipinski definition) is 0. The van der Waals surface area contributed by atoms with E-state index in [9.17, 15) is 22.8 Å². The number of nitrogens with zero attached hydrogens (tertiary/aromatic N) is 3. The summed E-state index contributed by atoms with van der Waals surface area (Å²) in [6.45, 7) is 5.40. The fraction of sp³-hybridized carbons (Fsp3) is 0.567. The Balaban J connectivity index is 1.52. The lowest BCUT2D eigenvalue weighted by Gasteiger charge is -2.24. The minimum absolute atomic E-state index is 0.193. The van der Waals surface area contributed by atoms with E-state index in [0.29, 0.717) is 55.5 Å². The van der Waals surface area contributed by atoms with E-state index in [1.165, 1.54) is 20.3 Å². The predicted molar refractivity (Wildman–Crippen MR) is 150 cm³/mol. The Morgan fingerprint density at radius 1 is 0.907 bits per heavy atom. The zero-order valence-electron chi connectivity index (χ0n) is 24.5. The van der Waals surface area contributed by atoms with Crippen molar-refractivity contribution in [1.82, 2.24) is 14.8 Å². The highest BCUT2D eigenvalue weighted by molar-refractivity contribution is 5.91. The number of halogens is 3. The molecule has 2 aromatic rings. The molecular formula is C30H38F3N3O7. The Kier molecular flexibility index (Phi) is 11.5. The van der Waals surface area contributed by atoms with Crippen LogP contribution in [0.1, 0.15) is 58.5 Å². The van der Waals surface area contributed by atoms with E-state index < -0.39 is 29.9 Å². The first-order valence-corrected chi connectivity index (χ1v) is 14.4. The van der Waals surface area contributed by atoms with Gasteiger partial charge >= 0.3 is 18.1 Å². The molecule has 1 saturated heterocycles. The summed E-state index contributed by atoms with van der Waals surface area (Å²) in [4.78, 5) is 33.7. The van der Waals surface area contributed by atoms with E-state index in [1.54, 1.807) is 12.1 Å². The van der Waals surface area contributed by atoms with Crippen LogP contribution >= 0.6 is 0 Å². The van der Waals surface area contributed by atoms with E-state index in [1.807, 2.05) is 0 Å². The van der Waals surface area contributed by atoms with Gasteiger partial charge in [0, 0.05) is 32.4 Å². The number of carbonyl (C=O) groups is 2. The van der Waals surface area contributed by atoms with Gasteiger partial charge in [0.1, 0.15) is 11.8 Å². The molecule has 2 aliphatic heterocycles. The second-order valence-electron chi connectivity index (χ2n) is 10.5. The molecule has 0 N–H and O–H groups in total. The Bertz CT molecular complexity index is 1240. The first-order chi connectivity index (χ1) is 20.7. The molecule has 13 heteroatoms. The molecule has 1 aromatic heterocycles. The highest BCUT2D eigenvalue weighted by Crippen LogP contribution is 2.39. The molecule has 1 fully saturated rings. The number of benzene rings is 1. The van der Waals surface area contributed by atoms with Crippen molar-refractivity contribution in [3.63, 3.8) is 0 Å². The molecule has 1 aromatic carbocycles. The molecule has 3 unspecified atom stereocenters. The second-order valence-corrected chi connectivity index (χ2v) is 10.5. The summed E-state index contributed by atoms with van der Waals surface area (Å²) in [5, 5.41) is 0. The number of fused-ring (bicyclic) bond motifs is 5. The van der Waals surface area contributed by atoms with E-state index in [0.717, 1.165) is 45.3 Å². The summed E-state index contributed by atoms with van der Waals surface area (Å²) in [5.74, 6) is -0.406. The molecule has 0 radical (unpaired) electrons. The van der Waals surface area contributed by atoms with Crippen molar-refractivity contribution in [2.45, 2.75) is 44.4 Å². The van der Waals surface area contributed by atoms with Gasteiger partial charge in [0.05, 0.1) is 38.6 Å². The number of esters is 2. The van der Waals surface area contributed by atoms with Gasteiger partial charge in [-0.3, -0.25) is 4.98 Å². The van der Waals surface area contributed by atoms with Crippen LogP contribution in [0, 0.1) is 0 Å². The van der Waals surface area contributed by atoms with E-state index >= 15 is 0 Å². The standard InChI is InChI=1S/C30H38F3N3O7/c1-39-24-18-22-19-25(27(24)40-2)41-16-3-6-23(43-29(38)21-7-9-34-26(20-21)30(31,32)33)8-13-36-11-4-10-35(14-15-36)12-5-17-42-28(22)37/h7,9,18-20,23H,3-6,8,10-17H2,1-2H3. The topological polar surface area (TPSA) is 99.7 Å². The quantitative estimate of drug-likeness (QED) is 0.462. The summed E-state index contributed by atoms with van der Waals surface area (Å²) in [7, 11) is 2.92.